The minimum atomic E-state index is -4.00. The summed E-state index contributed by atoms with van der Waals surface area (Å²) in [6, 6.07) is 2.24. The van der Waals surface area contributed by atoms with Crippen LogP contribution in [0.25, 0.3) is 0 Å². The lowest BCUT2D eigenvalue weighted by Gasteiger charge is -2.31. The smallest absolute Gasteiger partial charge is 0.246 e. The van der Waals surface area contributed by atoms with Crippen molar-refractivity contribution in [2.24, 2.45) is 5.92 Å². The average molecular weight is 323 g/mol. The van der Waals surface area contributed by atoms with Crippen molar-refractivity contribution in [3.63, 3.8) is 0 Å². The van der Waals surface area contributed by atoms with Crippen LogP contribution in [0.1, 0.15) is 12.8 Å². The molecular weight excluding hydrogens is 307 g/mol. The van der Waals surface area contributed by atoms with E-state index in [4.69, 9.17) is 22.4 Å². The van der Waals surface area contributed by atoms with E-state index in [2.05, 4.69) is 0 Å². The number of rotatable bonds is 3. The van der Waals surface area contributed by atoms with Crippen LogP contribution < -0.4 is 5.73 Å². The molecule has 0 aromatic heterocycles. The Hall–Kier alpha value is -0.890. The topological polar surface area (TPSA) is 83.6 Å². The zero-order valence-electron chi connectivity index (χ0n) is 10.7. The Bertz CT molecular complexity index is 609. The molecule has 1 atom stereocenters. The fourth-order valence-corrected chi connectivity index (χ4v) is 4.26. The van der Waals surface area contributed by atoms with E-state index in [1.807, 2.05) is 0 Å². The molecular formula is C12H16ClFN2O3S. The summed E-state index contributed by atoms with van der Waals surface area (Å²) in [5, 5.41) is 8.83. The van der Waals surface area contributed by atoms with E-state index in [9.17, 15) is 12.8 Å². The maximum Gasteiger partial charge on any atom is 0.246 e. The highest BCUT2D eigenvalue weighted by atomic mass is 35.5. The zero-order chi connectivity index (χ0) is 14.9. The van der Waals surface area contributed by atoms with Crippen molar-refractivity contribution in [1.82, 2.24) is 4.31 Å². The molecule has 8 heteroatoms. The van der Waals surface area contributed by atoms with Crippen molar-refractivity contribution in [1.29, 1.82) is 0 Å². The van der Waals surface area contributed by atoms with Gasteiger partial charge in [-0.15, -0.1) is 0 Å². The number of nitrogens with two attached hydrogens (primary N) is 1. The first-order valence-electron chi connectivity index (χ1n) is 6.21. The minimum absolute atomic E-state index is 0.0886. The van der Waals surface area contributed by atoms with E-state index in [0.29, 0.717) is 13.0 Å². The highest BCUT2D eigenvalue weighted by molar-refractivity contribution is 7.89. The zero-order valence-corrected chi connectivity index (χ0v) is 12.3. The predicted molar refractivity (Wildman–Crippen MR) is 74.4 cm³/mol. The van der Waals surface area contributed by atoms with Gasteiger partial charge in [0, 0.05) is 25.4 Å². The Morgan fingerprint density at radius 1 is 1.50 bits per heavy atom. The SMILES string of the molecule is Nc1cc(Cl)c(F)c(S(=O)(=O)N2CCCC(CO)C2)c1. The lowest BCUT2D eigenvalue weighted by molar-refractivity contribution is 0.165. The molecule has 1 fully saturated rings. The second-order valence-corrected chi connectivity index (χ2v) is 7.18. The summed E-state index contributed by atoms with van der Waals surface area (Å²) in [6.45, 7) is 0.377. The summed E-state index contributed by atoms with van der Waals surface area (Å²) < 4.78 is 40.1. The van der Waals surface area contributed by atoms with Gasteiger partial charge >= 0.3 is 0 Å². The average Bonchev–Trinajstić information content (AvgIpc) is 2.42. The quantitative estimate of drug-likeness (QED) is 0.825. The third-order valence-corrected chi connectivity index (χ3v) is 5.51. The van der Waals surface area contributed by atoms with Gasteiger partial charge < -0.3 is 10.8 Å². The first-order chi connectivity index (χ1) is 9.36. The van der Waals surface area contributed by atoms with Crippen LogP contribution in [-0.4, -0.2) is 37.5 Å². The number of anilines is 1. The second-order valence-electron chi connectivity index (χ2n) is 4.87. The van der Waals surface area contributed by atoms with Crippen molar-refractivity contribution in [3.8, 4) is 0 Å². The molecule has 1 heterocycles. The monoisotopic (exact) mass is 322 g/mol. The van der Waals surface area contributed by atoms with E-state index in [1.54, 1.807) is 0 Å². The van der Waals surface area contributed by atoms with Gasteiger partial charge in [0.05, 0.1) is 5.02 Å². The molecule has 5 nitrogen and oxygen atoms in total. The molecule has 1 saturated heterocycles. The summed E-state index contributed by atoms with van der Waals surface area (Å²) >= 11 is 5.64. The maximum absolute atomic E-state index is 14.0. The van der Waals surface area contributed by atoms with Crippen LogP contribution in [0.5, 0.6) is 0 Å². The lowest BCUT2D eigenvalue weighted by atomic mass is 10.0. The number of sulfonamides is 1. The van der Waals surface area contributed by atoms with Crippen LogP contribution >= 0.6 is 11.6 Å². The molecule has 1 aliphatic heterocycles. The normalized spacial score (nSPS) is 21.1. The van der Waals surface area contributed by atoms with Crippen LogP contribution in [0.15, 0.2) is 17.0 Å². The number of aliphatic hydroxyl groups is 1. The Labute approximate surface area is 122 Å². The molecule has 0 bridgehead atoms. The number of halogens is 2. The molecule has 1 unspecified atom stereocenters. The highest BCUT2D eigenvalue weighted by Gasteiger charge is 2.32. The molecule has 0 radical (unpaired) electrons. The first-order valence-corrected chi connectivity index (χ1v) is 8.03. The van der Waals surface area contributed by atoms with Gasteiger partial charge in [-0.2, -0.15) is 4.31 Å². The van der Waals surface area contributed by atoms with Crippen LogP contribution in [0.3, 0.4) is 0 Å². The van der Waals surface area contributed by atoms with E-state index in [1.165, 1.54) is 10.4 Å². The van der Waals surface area contributed by atoms with Crippen molar-refractivity contribution < 1.29 is 17.9 Å². The molecule has 0 aliphatic carbocycles. The first kappa shape index (κ1) is 15.5. The van der Waals surface area contributed by atoms with Gasteiger partial charge in [-0.05, 0) is 30.9 Å². The van der Waals surface area contributed by atoms with Crippen molar-refractivity contribution in [2.45, 2.75) is 17.7 Å². The standard InChI is InChI=1S/C12H16ClFN2O3S/c13-10-4-9(15)5-11(12(10)14)20(18,19)16-3-1-2-8(6-16)7-17/h4-5,8,17H,1-3,6-7,15H2. The van der Waals surface area contributed by atoms with Crippen LogP contribution in [-0.2, 0) is 10.0 Å². The van der Waals surface area contributed by atoms with Crippen LogP contribution in [0, 0.1) is 11.7 Å². The summed E-state index contributed by atoms with van der Waals surface area (Å²) in [5.41, 5.74) is 5.62. The summed E-state index contributed by atoms with van der Waals surface area (Å²) in [6.07, 6.45) is 1.38. The molecule has 1 aromatic rings. The largest absolute Gasteiger partial charge is 0.399 e. The van der Waals surface area contributed by atoms with Gasteiger partial charge in [0.25, 0.3) is 0 Å². The van der Waals surface area contributed by atoms with Crippen molar-refractivity contribution >= 4 is 27.3 Å². The summed E-state index contributed by atoms with van der Waals surface area (Å²) in [4.78, 5) is -0.513. The number of aliphatic hydroxyl groups excluding tert-OH is 1. The molecule has 3 N–H and O–H groups in total. The van der Waals surface area contributed by atoms with E-state index in [0.717, 1.165) is 12.5 Å². The number of nitrogens with zero attached hydrogens (tertiary/aromatic N) is 1. The van der Waals surface area contributed by atoms with Gasteiger partial charge in [0.15, 0.2) is 5.82 Å². The highest BCUT2D eigenvalue weighted by Crippen LogP contribution is 2.30. The molecule has 0 saturated carbocycles. The van der Waals surface area contributed by atoms with Crippen molar-refractivity contribution in [3.05, 3.63) is 23.0 Å². The van der Waals surface area contributed by atoms with E-state index >= 15 is 0 Å². The number of benzene rings is 1. The molecule has 112 valence electrons. The van der Waals surface area contributed by atoms with E-state index in [-0.39, 0.29) is 29.8 Å². The fraction of sp³-hybridized carbons (Fsp3) is 0.500. The third-order valence-electron chi connectivity index (χ3n) is 3.37. The van der Waals surface area contributed by atoms with E-state index < -0.39 is 20.7 Å². The summed E-state index contributed by atoms with van der Waals surface area (Å²) in [5.74, 6) is -1.12. The molecule has 2 rings (SSSR count). The van der Waals surface area contributed by atoms with Gasteiger partial charge in [0.2, 0.25) is 10.0 Å². The molecule has 0 spiro atoms. The molecule has 1 aromatic carbocycles. The van der Waals surface area contributed by atoms with Gasteiger partial charge in [-0.1, -0.05) is 11.6 Å². The van der Waals surface area contributed by atoms with Crippen LogP contribution in [0.4, 0.5) is 10.1 Å². The number of nitrogen functional groups attached to an aromatic ring is 1. The molecule has 20 heavy (non-hydrogen) atoms. The Morgan fingerprint density at radius 2 is 2.20 bits per heavy atom. The Kier molecular flexibility index (Phi) is 4.53. The summed E-state index contributed by atoms with van der Waals surface area (Å²) in [7, 11) is -4.00. The number of hydrogen-bond acceptors (Lipinski definition) is 4. The minimum Gasteiger partial charge on any atom is -0.399 e. The Balaban J connectivity index is 2.40. The molecule has 0 amide bonds. The second kappa shape index (κ2) is 5.85. The third kappa shape index (κ3) is 2.90. The van der Waals surface area contributed by atoms with Gasteiger partial charge in [-0.3, -0.25) is 0 Å². The fourth-order valence-electron chi connectivity index (χ4n) is 2.30. The van der Waals surface area contributed by atoms with Gasteiger partial charge in [0.1, 0.15) is 4.90 Å². The Morgan fingerprint density at radius 3 is 2.85 bits per heavy atom. The predicted octanol–water partition coefficient (Wildman–Crippen LogP) is 1.45. The number of hydrogen-bond donors (Lipinski definition) is 2. The number of piperidine rings is 1. The lowest BCUT2D eigenvalue weighted by Crippen LogP contribution is -2.41. The van der Waals surface area contributed by atoms with Crippen molar-refractivity contribution in [2.75, 3.05) is 25.4 Å². The van der Waals surface area contributed by atoms with Crippen LogP contribution in [0.2, 0.25) is 5.02 Å². The molecule has 1 aliphatic rings. The maximum atomic E-state index is 14.0. The van der Waals surface area contributed by atoms with Gasteiger partial charge in [-0.25, -0.2) is 12.8 Å².